The average Bonchev–Trinajstić information content (AvgIpc) is 2.89. The second kappa shape index (κ2) is 10.3. The second-order valence-corrected chi connectivity index (χ2v) is 6.70. The Morgan fingerprint density at radius 3 is 2.67 bits per heavy atom. The van der Waals surface area contributed by atoms with Gasteiger partial charge in [-0.15, -0.1) is 0 Å². The number of nitrogens with zero attached hydrogens (tertiary/aromatic N) is 1. The third kappa shape index (κ3) is 6.88. The number of imidazole rings is 1. The van der Waals surface area contributed by atoms with Gasteiger partial charge in [0.15, 0.2) is 5.15 Å². The van der Waals surface area contributed by atoms with Crippen LogP contribution in [0.3, 0.4) is 0 Å². The number of halogens is 1. The maximum absolute atomic E-state index is 12.3. The van der Waals surface area contributed by atoms with Crippen LogP contribution in [0, 0.1) is 11.8 Å². The first-order chi connectivity index (χ1) is 11.4. The van der Waals surface area contributed by atoms with E-state index in [0.29, 0.717) is 17.3 Å². The highest BCUT2D eigenvalue weighted by molar-refractivity contribution is 6.30. The lowest BCUT2D eigenvalue weighted by Gasteiger charge is -2.17. The summed E-state index contributed by atoms with van der Waals surface area (Å²) in [5, 5.41) is 11.8. The molecule has 7 nitrogen and oxygen atoms in total. The number of carbonyl (C=O) groups is 2. The first-order valence-electron chi connectivity index (χ1n) is 8.31. The van der Waals surface area contributed by atoms with Crippen molar-refractivity contribution in [2.45, 2.75) is 59.4 Å². The Kier molecular flexibility index (Phi) is 8.78. The standard InChI is InChI=1S/C16H27ClN4O3/c1-4-5-6-13-19-12(15(17)20-13)9-18-16(23)11(7-10(2)3)8-14(22)21-24/h10-11,24H,4-9H2,1-3H3,(H,18,23)(H,19,20)(H,21,22). The Morgan fingerprint density at radius 2 is 2.08 bits per heavy atom. The molecule has 1 aromatic heterocycles. The van der Waals surface area contributed by atoms with Crippen LogP contribution in [0.2, 0.25) is 5.15 Å². The molecule has 0 saturated heterocycles. The summed E-state index contributed by atoms with van der Waals surface area (Å²) in [6.45, 7) is 6.28. The van der Waals surface area contributed by atoms with Crippen molar-refractivity contribution in [1.29, 1.82) is 0 Å². The van der Waals surface area contributed by atoms with E-state index in [2.05, 4.69) is 22.2 Å². The number of aromatic amines is 1. The number of hydrogen-bond donors (Lipinski definition) is 4. The van der Waals surface area contributed by atoms with E-state index >= 15 is 0 Å². The van der Waals surface area contributed by atoms with Crippen molar-refractivity contribution < 1.29 is 14.8 Å². The molecule has 0 aliphatic heterocycles. The monoisotopic (exact) mass is 358 g/mol. The Bertz CT molecular complexity index is 545. The number of carbonyl (C=O) groups excluding carboxylic acids is 2. The average molecular weight is 359 g/mol. The van der Waals surface area contributed by atoms with Gasteiger partial charge in [0.2, 0.25) is 11.8 Å². The summed E-state index contributed by atoms with van der Waals surface area (Å²) in [6.07, 6.45) is 3.39. The number of aryl methyl sites for hydroxylation is 1. The molecule has 1 heterocycles. The molecule has 0 aromatic carbocycles. The summed E-state index contributed by atoms with van der Waals surface area (Å²) in [5.41, 5.74) is 2.23. The molecule has 1 rings (SSSR count). The molecule has 24 heavy (non-hydrogen) atoms. The normalized spacial score (nSPS) is 12.2. The number of unbranched alkanes of at least 4 members (excludes halogenated alkanes) is 1. The van der Waals surface area contributed by atoms with Crippen molar-refractivity contribution in [3.05, 3.63) is 16.7 Å². The summed E-state index contributed by atoms with van der Waals surface area (Å²) < 4.78 is 0. The zero-order chi connectivity index (χ0) is 18.1. The zero-order valence-electron chi connectivity index (χ0n) is 14.5. The molecule has 0 bridgehead atoms. The van der Waals surface area contributed by atoms with Gasteiger partial charge in [0, 0.05) is 18.8 Å². The van der Waals surface area contributed by atoms with Crippen molar-refractivity contribution in [3.8, 4) is 0 Å². The van der Waals surface area contributed by atoms with Crippen LogP contribution in [-0.2, 0) is 22.6 Å². The molecule has 0 aliphatic carbocycles. The largest absolute Gasteiger partial charge is 0.350 e. The van der Waals surface area contributed by atoms with E-state index in [0.717, 1.165) is 25.1 Å². The van der Waals surface area contributed by atoms with Crippen LogP contribution >= 0.6 is 11.6 Å². The molecular weight excluding hydrogens is 332 g/mol. The first kappa shape index (κ1) is 20.4. The van der Waals surface area contributed by atoms with Gasteiger partial charge in [0.1, 0.15) is 5.82 Å². The first-order valence-corrected chi connectivity index (χ1v) is 8.69. The van der Waals surface area contributed by atoms with Crippen LogP contribution in [0.4, 0.5) is 0 Å². The van der Waals surface area contributed by atoms with Gasteiger partial charge < -0.3 is 10.3 Å². The van der Waals surface area contributed by atoms with Gasteiger partial charge in [0.25, 0.3) is 0 Å². The fourth-order valence-corrected chi connectivity index (χ4v) is 2.68. The molecule has 2 amide bonds. The molecule has 1 atom stereocenters. The van der Waals surface area contributed by atoms with Crippen molar-refractivity contribution in [1.82, 2.24) is 20.8 Å². The summed E-state index contributed by atoms with van der Waals surface area (Å²) in [7, 11) is 0. The minimum atomic E-state index is -0.572. The molecule has 0 spiro atoms. The summed E-state index contributed by atoms with van der Waals surface area (Å²) in [6, 6.07) is 0. The predicted molar refractivity (Wildman–Crippen MR) is 91.5 cm³/mol. The van der Waals surface area contributed by atoms with Crippen LogP contribution in [-0.4, -0.2) is 27.0 Å². The fraction of sp³-hybridized carbons (Fsp3) is 0.688. The lowest BCUT2D eigenvalue weighted by molar-refractivity contribution is -0.135. The van der Waals surface area contributed by atoms with E-state index in [1.807, 2.05) is 13.8 Å². The molecule has 8 heteroatoms. The SMILES string of the molecule is CCCCc1nc(Cl)c(CNC(=O)C(CC(=O)NO)CC(C)C)[nH]1. The van der Waals surface area contributed by atoms with Crippen molar-refractivity contribution in [3.63, 3.8) is 0 Å². The van der Waals surface area contributed by atoms with E-state index in [1.165, 1.54) is 0 Å². The van der Waals surface area contributed by atoms with Crippen LogP contribution in [0.1, 0.15) is 58.0 Å². The molecule has 1 aromatic rings. The molecule has 0 saturated carbocycles. The van der Waals surface area contributed by atoms with Gasteiger partial charge in [-0.2, -0.15) is 0 Å². The Morgan fingerprint density at radius 1 is 1.38 bits per heavy atom. The van der Waals surface area contributed by atoms with Crippen LogP contribution in [0.5, 0.6) is 0 Å². The van der Waals surface area contributed by atoms with Gasteiger partial charge in [-0.25, -0.2) is 10.5 Å². The Labute approximate surface area is 147 Å². The fourth-order valence-electron chi connectivity index (χ4n) is 2.46. The van der Waals surface area contributed by atoms with Crippen LogP contribution in [0.25, 0.3) is 0 Å². The highest BCUT2D eigenvalue weighted by Gasteiger charge is 2.23. The molecule has 0 fully saturated rings. The Hall–Kier alpha value is -1.60. The van der Waals surface area contributed by atoms with E-state index < -0.39 is 11.8 Å². The maximum atomic E-state index is 12.3. The van der Waals surface area contributed by atoms with E-state index in [1.54, 1.807) is 5.48 Å². The maximum Gasteiger partial charge on any atom is 0.244 e. The molecular formula is C16H27ClN4O3. The van der Waals surface area contributed by atoms with Gasteiger partial charge in [-0.1, -0.05) is 38.8 Å². The van der Waals surface area contributed by atoms with Crippen molar-refractivity contribution in [2.24, 2.45) is 11.8 Å². The number of rotatable bonds is 10. The van der Waals surface area contributed by atoms with Crippen molar-refractivity contribution >= 4 is 23.4 Å². The number of nitrogens with one attached hydrogen (secondary N) is 3. The highest BCUT2D eigenvalue weighted by atomic mass is 35.5. The van der Waals surface area contributed by atoms with Crippen LogP contribution in [0.15, 0.2) is 0 Å². The number of hydrogen-bond acceptors (Lipinski definition) is 4. The third-order valence-corrected chi connectivity index (χ3v) is 3.98. The van der Waals surface area contributed by atoms with Crippen molar-refractivity contribution in [2.75, 3.05) is 0 Å². The highest BCUT2D eigenvalue weighted by Crippen LogP contribution is 2.17. The quantitative estimate of drug-likeness (QED) is 0.381. The van der Waals surface area contributed by atoms with Gasteiger partial charge in [-0.05, 0) is 18.8 Å². The number of hydroxylamine groups is 1. The van der Waals surface area contributed by atoms with E-state index in [9.17, 15) is 9.59 Å². The predicted octanol–water partition coefficient (Wildman–Crippen LogP) is 2.58. The van der Waals surface area contributed by atoms with Gasteiger partial charge in [0.05, 0.1) is 12.2 Å². The summed E-state index contributed by atoms with van der Waals surface area (Å²) in [4.78, 5) is 31.1. The number of aromatic nitrogens is 2. The topological polar surface area (TPSA) is 107 Å². The Balaban J connectivity index is 2.63. The smallest absolute Gasteiger partial charge is 0.244 e. The zero-order valence-corrected chi connectivity index (χ0v) is 15.2. The summed E-state index contributed by atoms with van der Waals surface area (Å²) in [5.74, 6) is -0.253. The minimum absolute atomic E-state index is 0.0566. The van der Waals surface area contributed by atoms with Gasteiger partial charge >= 0.3 is 0 Å². The lowest BCUT2D eigenvalue weighted by Crippen LogP contribution is -2.34. The molecule has 136 valence electrons. The third-order valence-electron chi connectivity index (χ3n) is 3.67. The van der Waals surface area contributed by atoms with E-state index in [4.69, 9.17) is 16.8 Å². The second-order valence-electron chi connectivity index (χ2n) is 6.34. The number of amides is 2. The molecule has 0 aliphatic rings. The lowest BCUT2D eigenvalue weighted by atomic mass is 9.93. The number of H-pyrrole nitrogens is 1. The molecule has 0 radical (unpaired) electrons. The molecule has 4 N–H and O–H groups in total. The van der Waals surface area contributed by atoms with Gasteiger partial charge in [-0.3, -0.25) is 14.8 Å². The van der Waals surface area contributed by atoms with Crippen LogP contribution < -0.4 is 10.8 Å². The summed E-state index contributed by atoms with van der Waals surface area (Å²) >= 11 is 6.09. The molecule has 1 unspecified atom stereocenters. The van der Waals surface area contributed by atoms with E-state index in [-0.39, 0.29) is 24.8 Å². The minimum Gasteiger partial charge on any atom is -0.350 e.